The maximum atomic E-state index is 10.3. The van der Waals surface area contributed by atoms with E-state index in [-0.39, 0.29) is 5.70 Å². The van der Waals surface area contributed by atoms with Crippen LogP contribution >= 0.6 is 0 Å². The number of aromatic nitrogens is 1. The summed E-state index contributed by atoms with van der Waals surface area (Å²) in [6, 6.07) is 5.45. The van der Waals surface area contributed by atoms with E-state index in [0.29, 0.717) is 6.54 Å². The second-order valence-corrected chi connectivity index (χ2v) is 2.46. The van der Waals surface area contributed by atoms with Crippen molar-refractivity contribution in [1.82, 2.24) is 10.3 Å². The lowest BCUT2D eigenvalue weighted by Gasteiger charge is -2.03. The van der Waals surface area contributed by atoms with Crippen molar-refractivity contribution in [2.45, 2.75) is 6.54 Å². The fourth-order valence-electron chi connectivity index (χ4n) is 0.776. The molecule has 0 aliphatic carbocycles. The summed E-state index contributed by atoms with van der Waals surface area (Å²) >= 11 is 0. The molecule has 0 atom stereocenters. The van der Waals surface area contributed by atoms with E-state index in [1.54, 1.807) is 12.3 Å². The van der Waals surface area contributed by atoms with E-state index in [2.05, 4.69) is 16.9 Å². The highest BCUT2D eigenvalue weighted by molar-refractivity contribution is 5.84. The monoisotopic (exact) mass is 178 g/mol. The molecule has 1 heterocycles. The number of aliphatic carboxylic acids is 1. The first kappa shape index (κ1) is 9.25. The smallest absolute Gasteiger partial charge is 0.351 e. The standard InChI is InChI=1S/C9H10N2O2/c1-7(9(12)13)11-6-8-4-2-3-5-10-8/h2-5,11H,1,6H2,(H,12,13). The van der Waals surface area contributed by atoms with E-state index >= 15 is 0 Å². The fourth-order valence-corrected chi connectivity index (χ4v) is 0.776. The fraction of sp³-hybridized carbons (Fsp3) is 0.111. The Hall–Kier alpha value is -1.84. The molecule has 0 aromatic carbocycles. The summed E-state index contributed by atoms with van der Waals surface area (Å²) in [5, 5.41) is 11.1. The van der Waals surface area contributed by atoms with Crippen LogP contribution in [-0.2, 0) is 11.3 Å². The minimum atomic E-state index is -1.05. The van der Waals surface area contributed by atoms with Gasteiger partial charge in [0, 0.05) is 6.20 Å². The Morgan fingerprint density at radius 3 is 2.92 bits per heavy atom. The van der Waals surface area contributed by atoms with Gasteiger partial charge in [-0.05, 0) is 12.1 Å². The molecule has 0 fully saturated rings. The van der Waals surface area contributed by atoms with Crippen LogP contribution in [0.2, 0.25) is 0 Å². The Balaban J connectivity index is 2.44. The summed E-state index contributed by atoms with van der Waals surface area (Å²) in [5.74, 6) is -1.05. The summed E-state index contributed by atoms with van der Waals surface area (Å²) in [5.41, 5.74) is 0.760. The molecule has 0 aliphatic rings. The van der Waals surface area contributed by atoms with Gasteiger partial charge in [-0.2, -0.15) is 0 Å². The van der Waals surface area contributed by atoms with Crippen molar-refractivity contribution in [2.24, 2.45) is 0 Å². The number of hydrogen-bond acceptors (Lipinski definition) is 3. The van der Waals surface area contributed by atoms with Crippen LogP contribution in [0.3, 0.4) is 0 Å². The van der Waals surface area contributed by atoms with E-state index in [1.165, 1.54) is 0 Å². The van der Waals surface area contributed by atoms with Crippen LogP contribution in [0.5, 0.6) is 0 Å². The maximum absolute atomic E-state index is 10.3. The minimum absolute atomic E-state index is 0.0225. The first-order chi connectivity index (χ1) is 6.20. The highest BCUT2D eigenvalue weighted by Crippen LogP contribution is 1.94. The van der Waals surface area contributed by atoms with Gasteiger partial charge in [-0.1, -0.05) is 12.6 Å². The third-order valence-corrected chi connectivity index (χ3v) is 1.47. The Bertz CT molecular complexity index is 309. The highest BCUT2D eigenvalue weighted by Gasteiger charge is 2.01. The molecular formula is C9H10N2O2. The molecule has 0 saturated carbocycles. The first-order valence-electron chi connectivity index (χ1n) is 3.76. The third kappa shape index (κ3) is 2.94. The van der Waals surface area contributed by atoms with Gasteiger partial charge < -0.3 is 10.4 Å². The second-order valence-electron chi connectivity index (χ2n) is 2.46. The Morgan fingerprint density at radius 1 is 1.62 bits per heavy atom. The third-order valence-electron chi connectivity index (χ3n) is 1.47. The van der Waals surface area contributed by atoms with Crippen molar-refractivity contribution in [3.05, 3.63) is 42.4 Å². The normalized spacial score (nSPS) is 9.23. The van der Waals surface area contributed by atoms with Crippen molar-refractivity contribution >= 4 is 5.97 Å². The molecule has 4 nitrogen and oxygen atoms in total. The number of nitrogens with one attached hydrogen (secondary N) is 1. The molecule has 0 bridgehead atoms. The highest BCUT2D eigenvalue weighted by atomic mass is 16.4. The molecular weight excluding hydrogens is 168 g/mol. The summed E-state index contributed by atoms with van der Waals surface area (Å²) in [7, 11) is 0. The van der Waals surface area contributed by atoms with Gasteiger partial charge in [0.1, 0.15) is 5.70 Å². The largest absolute Gasteiger partial charge is 0.477 e. The lowest BCUT2D eigenvalue weighted by molar-refractivity contribution is -0.133. The number of rotatable bonds is 4. The van der Waals surface area contributed by atoms with Gasteiger partial charge in [-0.25, -0.2) is 4.79 Å². The molecule has 68 valence electrons. The van der Waals surface area contributed by atoms with Crippen LogP contribution in [0.25, 0.3) is 0 Å². The molecule has 1 rings (SSSR count). The lowest BCUT2D eigenvalue weighted by Crippen LogP contribution is -2.19. The number of carboxylic acids is 1. The van der Waals surface area contributed by atoms with Crippen molar-refractivity contribution in [2.75, 3.05) is 0 Å². The van der Waals surface area contributed by atoms with E-state index in [9.17, 15) is 4.79 Å². The number of pyridine rings is 1. The quantitative estimate of drug-likeness (QED) is 0.668. The Labute approximate surface area is 75.9 Å². The van der Waals surface area contributed by atoms with E-state index in [0.717, 1.165) is 5.69 Å². The second kappa shape index (κ2) is 4.25. The van der Waals surface area contributed by atoms with Gasteiger partial charge in [-0.15, -0.1) is 0 Å². The van der Waals surface area contributed by atoms with Crippen LogP contribution in [0.1, 0.15) is 5.69 Å². The molecule has 0 spiro atoms. The molecule has 13 heavy (non-hydrogen) atoms. The number of nitrogens with zero attached hydrogens (tertiary/aromatic N) is 1. The van der Waals surface area contributed by atoms with Gasteiger partial charge in [0.15, 0.2) is 0 Å². The summed E-state index contributed by atoms with van der Waals surface area (Å²) in [6.45, 7) is 3.71. The number of hydrogen-bond donors (Lipinski definition) is 2. The molecule has 0 amide bonds. The lowest BCUT2D eigenvalue weighted by atomic mass is 10.3. The van der Waals surface area contributed by atoms with Crippen molar-refractivity contribution in [1.29, 1.82) is 0 Å². The van der Waals surface area contributed by atoms with Gasteiger partial charge >= 0.3 is 5.97 Å². The van der Waals surface area contributed by atoms with Gasteiger partial charge in [0.25, 0.3) is 0 Å². The van der Waals surface area contributed by atoms with Crippen LogP contribution < -0.4 is 5.32 Å². The number of carboxylic acid groups (broad SMARTS) is 1. The average molecular weight is 178 g/mol. The summed E-state index contributed by atoms with van der Waals surface area (Å²) in [4.78, 5) is 14.4. The first-order valence-corrected chi connectivity index (χ1v) is 3.76. The van der Waals surface area contributed by atoms with Crippen LogP contribution in [0, 0.1) is 0 Å². The van der Waals surface area contributed by atoms with Crippen LogP contribution in [-0.4, -0.2) is 16.1 Å². The average Bonchev–Trinajstić information content (AvgIpc) is 2.15. The molecule has 0 aliphatic heterocycles. The van der Waals surface area contributed by atoms with Crippen molar-refractivity contribution < 1.29 is 9.90 Å². The van der Waals surface area contributed by atoms with Crippen LogP contribution in [0.15, 0.2) is 36.7 Å². The zero-order valence-electron chi connectivity index (χ0n) is 7.03. The summed E-state index contributed by atoms with van der Waals surface area (Å²) in [6.07, 6.45) is 1.65. The van der Waals surface area contributed by atoms with E-state index in [4.69, 9.17) is 5.11 Å². The van der Waals surface area contributed by atoms with Gasteiger partial charge in [0.2, 0.25) is 0 Å². The Morgan fingerprint density at radius 2 is 2.38 bits per heavy atom. The topological polar surface area (TPSA) is 62.2 Å². The zero-order valence-corrected chi connectivity index (χ0v) is 7.03. The molecule has 0 saturated heterocycles. The van der Waals surface area contributed by atoms with Crippen molar-refractivity contribution in [3.8, 4) is 0 Å². The summed E-state index contributed by atoms with van der Waals surface area (Å²) < 4.78 is 0. The molecule has 0 radical (unpaired) electrons. The predicted octanol–water partition coefficient (Wildman–Crippen LogP) is 0.769. The zero-order chi connectivity index (χ0) is 9.68. The van der Waals surface area contributed by atoms with E-state index in [1.807, 2.05) is 12.1 Å². The van der Waals surface area contributed by atoms with E-state index < -0.39 is 5.97 Å². The maximum Gasteiger partial charge on any atom is 0.351 e. The molecule has 2 N–H and O–H groups in total. The molecule has 1 aromatic heterocycles. The predicted molar refractivity (Wildman–Crippen MR) is 47.9 cm³/mol. The van der Waals surface area contributed by atoms with Gasteiger partial charge in [-0.3, -0.25) is 4.98 Å². The SMILES string of the molecule is C=C(NCc1ccccn1)C(=O)O. The van der Waals surface area contributed by atoms with Crippen molar-refractivity contribution in [3.63, 3.8) is 0 Å². The molecule has 4 heteroatoms. The minimum Gasteiger partial charge on any atom is -0.477 e. The van der Waals surface area contributed by atoms with Gasteiger partial charge in [0.05, 0.1) is 12.2 Å². The van der Waals surface area contributed by atoms with Crippen LogP contribution in [0.4, 0.5) is 0 Å². The molecule has 1 aromatic rings. The number of carbonyl (C=O) groups is 1. The molecule has 0 unspecified atom stereocenters. The Kier molecular flexibility index (Phi) is 3.03.